The fourth-order valence-corrected chi connectivity index (χ4v) is 13.1. The third kappa shape index (κ3) is 3.89. The van der Waals surface area contributed by atoms with E-state index >= 15 is 0 Å². The number of halogens is 1. The molecule has 0 aromatic heterocycles. The van der Waals surface area contributed by atoms with Gasteiger partial charge in [0, 0.05) is 5.41 Å². The van der Waals surface area contributed by atoms with Crippen LogP contribution >= 0.6 is 11.6 Å². The summed E-state index contributed by atoms with van der Waals surface area (Å²) in [4.78, 5) is 25.2. The molecule has 1 aromatic rings. The molecule has 4 saturated carbocycles. The van der Waals surface area contributed by atoms with Gasteiger partial charge in [-0.15, -0.1) is 0 Å². The summed E-state index contributed by atoms with van der Waals surface area (Å²) in [6.45, 7) is 17.6. The minimum Gasteiger partial charge on any atom is -0.465 e. The summed E-state index contributed by atoms with van der Waals surface area (Å²) < 4.78 is 4.93. The first-order valence-corrected chi connectivity index (χ1v) is 17.1. The van der Waals surface area contributed by atoms with Gasteiger partial charge in [-0.05, 0) is 150 Å². The van der Waals surface area contributed by atoms with Gasteiger partial charge in [0.15, 0.2) is 0 Å². The van der Waals surface area contributed by atoms with Gasteiger partial charge in [0.25, 0.3) is 0 Å². The third-order valence-electron chi connectivity index (χ3n) is 14.9. The summed E-state index contributed by atoms with van der Waals surface area (Å²) in [6, 6.07) is 8.05. The molecule has 0 unspecified atom stereocenters. The number of methoxy groups -OCH3 is 1. The molecule has 4 fully saturated rings. The van der Waals surface area contributed by atoms with Crippen molar-refractivity contribution in [1.82, 2.24) is 0 Å². The second-order valence-electron chi connectivity index (χ2n) is 16.7. The van der Waals surface area contributed by atoms with Crippen LogP contribution in [0.3, 0.4) is 0 Å². The molecule has 0 N–H and O–H groups in total. The molecule has 0 spiro atoms. The molecule has 0 bridgehead atoms. The van der Waals surface area contributed by atoms with E-state index in [1.54, 1.807) is 0 Å². The highest BCUT2D eigenvalue weighted by atomic mass is 35.5. The summed E-state index contributed by atoms with van der Waals surface area (Å²) in [6.07, 6.45) is 13.0. The monoisotopic (exact) mass is 592 g/mol. The van der Waals surface area contributed by atoms with E-state index < -0.39 is 0 Å². The van der Waals surface area contributed by atoms with Crippen LogP contribution in [-0.2, 0) is 9.53 Å². The van der Waals surface area contributed by atoms with E-state index in [1.165, 1.54) is 43.9 Å². The summed E-state index contributed by atoms with van der Waals surface area (Å²) in [5.74, 6) is 3.21. The second-order valence-corrected chi connectivity index (χ2v) is 17.0. The largest absolute Gasteiger partial charge is 0.465 e. The summed E-state index contributed by atoms with van der Waals surface area (Å²) in [5, 5.41) is -0.0352. The first kappa shape index (κ1) is 30.4. The fourth-order valence-electron chi connectivity index (χ4n) is 12.7. The summed E-state index contributed by atoms with van der Waals surface area (Å²) in [5.41, 5.74) is 3.75. The zero-order valence-electron chi connectivity index (χ0n) is 27.3. The predicted molar refractivity (Wildman–Crippen MR) is 171 cm³/mol. The molecular weight excluding hydrogens is 540 g/mol. The van der Waals surface area contributed by atoms with E-state index in [2.05, 4.69) is 66.7 Å². The van der Waals surface area contributed by atoms with Crippen LogP contribution in [0.4, 0.5) is 0 Å². The molecule has 0 heterocycles. The van der Waals surface area contributed by atoms with Crippen LogP contribution in [0.5, 0.6) is 0 Å². The lowest BCUT2D eigenvalue weighted by Gasteiger charge is -2.72. The molecule has 1 aromatic carbocycles. The number of allylic oxidation sites excluding steroid dienone is 2. The van der Waals surface area contributed by atoms with Crippen molar-refractivity contribution in [2.24, 2.45) is 62.6 Å². The van der Waals surface area contributed by atoms with Crippen LogP contribution in [0.25, 0.3) is 5.57 Å². The minimum atomic E-state index is -0.293. The van der Waals surface area contributed by atoms with Crippen molar-refractivity contribution in [2.45, 2.75) is 106 Å². The van der Waals surface area contributed by atoms with Crippen molar-refractivity contribution >= 4 is 28.4 Å². The molecule has 4 heteroatoms. The zero-order valence-corrected chi connectivity index (χ0v) is 28.1. The number of benzene rings is 1. The Morgan fingerprint density at radius 1 is 0.857 bits per heavy atom. The number of hydrogen-bond acceptors (Lipinski definition) is 3. The number of fused-ring (bicyclic) bond motifs is 7. The van der Waals surface area contributed by atoms with Crippen LogP contribution < -0.4 is 0 Å². The van der Waals surface area contributed by atoms with E-state index in [4.69, 9.17) is 16.3 Å². The number of ether oxygens (including phenoxy) is 1. The van der Waals surface area contributed by atoms with Crippen molar-refractivity contribution in [2.75, 3.05) is 7.11 Å². The Hall–Kier alpha value is -1.61. The molecule has 0 amide bonds. The maximum absolute atomic E-state index is 13.2. The Balaban J connectivity index is 1.35. The minimum absolute atomic E-state index is 0.0352. The van der Waals surface area contributed by atoms with Gasteiger partial charge in [0.1, 0.15) is 0 Å². The lowest BCUT2D eigenvalue weighted by atomic mass is 9.32. The topological polar surface area (TPSA) is 43.4 Å². The van der Waals surface area contributed by atoms with Crippen molar-refractivity contribution in [3.05, 3.63) is 41.5 Å². The van der Waals surface area contributed by atoms with Crippen LogP contribution in [0.15, 0.2) is 30.3 Å². The summed E-state index contributed by atoms with van der Waals surface area (Å²) >= 11 is 6.54. The molecule has 42 heavy (non-hydrogen) atoms. The molecule has 0 radical (unpaired) electrons. The highest BCUT2D eigenvalue weighted by Gasteiger charge is 2.71. The van der Waals surface area contributed by atoms with Gasteiger partial charge in [-0.1, -0.05) is 66.7 Å². The number of carbonyl (C=O) groups excluding carboxylic acids is 2. The normalized spacial score (nSPS) is 43.9. The number of rotatable bonds is 4. The second kappa shape index (κ2) is 9.95. The van der Waals surface area contributed by atoms with Gasteiger partial charge in [-0.3, -0.25) is 4.79 Å². The lowest BCUT2D eigenvalue weighted by molar-refractivity contribution is -0.225. The summed E-state index contributed by atoms with van der Waals surface area (Å²) in [7, 11) is 1.44. The van der Waals surface area contributed by atoms with E-state index in [0.29, 0.717) is 41.1 Å². The van der Waals surface area contributed by atoms with Crippen molar-refractivity contribution < 1.29 is 14.3 Å². The van der Waals surface area contributed by atoms with Crippen molar-refractivity contribution in [3.63, 3.8) is 0 Å². The smallest absolute Gasteiger partial charge is 0.337 e. The fraction of sp³-hybridized carbons (Fsp3) is 0.737. The van der Waals surface area contributed by atoms with Crippen LogP contribution in [0.2, 0.25) is 0 Å². The highest BCUT2D eigenvalue weighted by molar-refractivity contribution is 6.64. The quantitative estimate of drug-likeness (QED) is 0.258. The lowest BCUT2D eigenvalue weighted by Crippen LogP contribution is -2.65. The zero-order chi connectivity index (χ0) is 30.5. The van der Waals surface area contributed by atoms with Crippen LogP contribution in [0, 0.1) is 62.6 Å². The van der Waals surface area contributed by atoms with E-state index in [0.717, 1.165) is 32.1 Å². The molecule has 5 aliphatic carbocycles. The highest BCUT2D eigenvalue weighted by Crippen LogP contribution is 2.78. The average Bonchev–Trinajstić information content (AvgIpc) is 3.34. The maximum Gasteiger partial charge on any atom is 0.337 e. The molecule has 0 aliphatic heterocycles. The van der Waals surface area contributed by atoms with Crippen LogP contribution in [-0.4, -0.2) is 18.3 Å². The molecule has 9 atom stereocenters. The van der Waals surface area contributed by atoms with E-state index in [1.807, 2.05) is 12.1 Å². The Morgan fingerprint density at radius 2 is 1.55 bits per heavy atom. The molecule has 0 saturated heterocycles. The number of esters is 1. The molecule has 3 nitrogen and oxygen atoms in total. The standard InChI is InChI=1S/C38H53ClO3/c1-23(2)26-15-20-38(33(39)41)22-21-36(6)28(31(26)38)13-14-30-35(5)18-16-27(24-9-11-25(12-10-24)32(40)42-8)34(3,4)29(35)17-19-37(30,36)7/h9-12,16,23,26,28-31H,13-15,17-22H2,1-8H3/t26-,28+,29-,30+,31+,35-,36+,37+,38-/m0/s1. The van der Waals surface area contributed by atoms with Crippen molar-refractivity contribution in [1.29, 1.82) is 0 Å². The Bertz CT molecular complexity index is 1290. The van der Waals surface area contributed by atoms with Crippen molar-refractivity contribution in [3.8, 4) is 0 Å². The Kier molecular flexibility index (Phi) is 7.20. The molecule has 230 valence electrons. The van der Waals surface area contributed by atoms with Gasteiger partial charge in [0.05, 0.1) is 12.7 Å². The first-order valence-electron chi connectivity index (χ1n) is 16.8. The number of hydrogen-bond donors (Lipinski definition) is 0. The Morgan fingerprint density at radius 3 is 2.17 bits per heavy atom. The van der Waals surface area contributed by atoms with Gasteiger partial charge in [-0.2, -0.15) is 0 Å². The van der Waals surface area contributed by atoms with Crippen LogP contribution in [0.1, 0.15) is 122 Å². The Labute approximate surface area is 259 Å². The van der Waals surface area contributed by atoms with E-state index in [9.17, 15) is 9.59 Å². The first-order chi connectivity index (χ1) is 19.7. The third-order valence-corrected chi connectivity index (χ3v) is 15.3. The maximum atomic E-state index is 13.2. The number of carbonyl (C=O) groups is 2. The predicted octanol–water partition coefficient (Wildman–Crippen LogP) is 9.97. The SMILES string of the molecule is COC(=O)c1ccc(C2=CC[C@]3(C)[C@H]4CC[C@@H]5[C@H]6[C@H](C(C)C)CC[C@]6(C(=O)Cl)CC[C@@]5(C)[C@]4(C)CC[C@H]3C2(C)C)cc1. The molecular formula is C38H53ClO3. The molecule has 5 aliphatic rings. The average molecular weight is 593 g/mol. The van der Waals surface area contributed by atoms with E-state index in [-0.39, 0.29) is 38.3 Å². The van der Waals surface area contributed by atoms with Gasteiger partial charge >= 0.3 is 5.97 Å². The van der Waals surface area contributed by atoms with Gasteiger partial charge < -0.3 is 4.74 Å². The van der Waals surface area contributed by atoms with Gasteiger partial charge in [-0.25, -0.2) is 4.79 Å². The molecule has 6 rings (SSSR count). The van der Waals surface area contributed by atoms with Gasteiger partial charge in [0.2, 0.25) is 5.24 Å².